The van der Waals surface area contributed by atoms with Crippen LogP contribution in [0.3, 0.4) is 0 Å². The first-order valence-electron chi connectivity index (χ1n) is 10.7. The highest BCUT2D eigenvalue weighted by atomic mass is 16.2. The highest BCUT2D eigenvalue weighted by Gasteiger charge is 2.33. The van der Waals surface area contributed by atoms with Gasteiger partial charge in [0.1, 0.15) is 0 Å². The summed E-state index contributed by atoms with van der Waals surface area (Å²) in [5, 5.41) is 5.56. The van der Waals surface area contributed by atoms with Crippen LogP contribution in [0, 0.1) is 16.7 Å². The predicted octanol–water partition coefficient (Wildman–Crippen LogP) is 3.83. The van der Waals surface area contributed by atoms with Crippen LogP contribution in [-0.2, 0) is 16.0 Å². The first-order chi connectivity index (χ1) is 13.8. The maximum absolute atomic E-state index is 13.3. The van der Waals surface area contributed by atoms with E-state index in [2.05, 4.69) is 31.4 Å². The summed E-state index contributed by atoms with van der Waals surface area (Å²) >= 11 is 0. The molecule has 30 heavy (non-hydrogen) atoms. The lowest BCUT2D eigenvalue weighted by Crippen LogP contribution is -2.48. The molecule has 0 aliphatic carbocycles. The smallest absolute Gasteiger partial charge is 0.312 e. The molecular weight excluding hydrogens is 378 g/mol. The van der Waals surface area contributed by atoms with E-state index < -0.39 is 17.5 Å². The molecule has 0 heterocycles. The number of amides is 3. The minimum Gasteiger partial charge on any atom is -0.352 e. The van der Waals surface area contributed by atoms with Gasteiger partial charge >= 0.3 is 6.03 Å². The number of hydrogen-bond acceptors (Lipinski definition) is 3. The minimum absolute atomic E-state index is 0.0101. The molecule has 6 heteroatoms. The van der Waals surface area contributed by atoms with Gasteiger partial charge in [-0.05, 0) is 36.7 Å². The van der Waals surface area contributed by atoms with E-state index in [0.717, 1.165) is 5.56 Å². The Morgan fingerprint density at radius 1 is 1.00 bits per heavy atom. The molecule has 0 bridgehead atoms. The standard InChI is InChI=1S/C24H39N3O3/c1-23(2,3)16-18(15-17-11-8-7-9-12-17)21(29)27-19(20(28)24(4,5)6)13-10-14-26-22(25)30/h7-9,11-12,18-19H,10,13-16H2,1-6H3,(H,27,29)(H3,25,26,30)/t18-,19+/m1/s1. The van der Waals surface area contributed by atoms with Gasteiger partial charge in [-0.3, -0.25) is 9.59 Å². The molecule has 0 saturated heterocycles. The zero-order valence-corrected chi connectivity index (χ0v) is 19.4. The summed E-state index contributed by atoms with van der Waals surface area (Å²) < 4.78 is 0. The number of rotatable bonds is 10. The van der Waals surface area contributed by atoms with Crippen molar-refractivity contribution >= 4 is 17.7 Å². The van der Waals surface area contributed by atoms with Crippen LogP contribution >= 0.6 is 0 Å². The van der Waals surface area contributed by atoms with E-state index in [1.165, 1.54) is 0 Å². The topological polar surface area (TPSA) is 101 Å². The average molecular weight is 418 g/mol. The summed E-state index contributed by atoms with van der Waals surface area (Å²) in [5.74, 6) is -0.338. The lowest BCUT2D eigenvalue weighted by molar-refractivity contribution is -0.134. The summed E-state index contributed by atoms with van der Waals surface area (Å²) in [6.45, 7) is 12.3. The molecule has 1 aromatic carbocycles. The SMILES string of the molecule is CC(C)(C)C[C@@H](Cc1ccccc1)C(=O)N[C@@H](CCCNC(N)=O)C(=O)C(C)(C)C. The Labute approximate surface area is 181 Å². The maximum Gasteiger partial charge on any atom is 0.312 e. The van der Waals surface area contributed by atoms with Crippen molar-refractivity contribution in [2.75, 3.05) is 6.54 Å². The largest absolute Gasteiger partial charge is 0.352 e. The molecule has 0 radical (unpaired) electrons. The Balaban J connectivity index is 2.95. The zero-order valence-electron chi connectivity index (χ0n) is 19.4. The molecule has 0 aliphatic rings. The average Bonchev–Trinajstić information content (AvgIpc) is 2.61. The predicted molar refractivity (Wildman–Crippen MR) is 121 cm³/mol. The van der Waals surface area contributed by atoms with E-state index >= 15 is 0 Å². The Hall–Kier alpha value is -2.37. The van der Waals surface area contributed by atoms with Crippen LogP contribution in [0.4, 0.5) is 4.79 Å². The number of carbonyl (C=O) groups is 3. The van der Waals surface area contributed by atoms with Crippen LogP contribution in [0.2, 0.25) is 0 Å². The molecule has 1 aromatic rings. The van der Waals surface area contributed by atoms with E-state index in [4.69, 9.17) is 5.73 Å². The van der Waals surface area contributed by atoms with Crippen molar-refractivity contribution in [2.24, 2.45) is 22.5 Å². The number of ketones is 1. The second kappa shape index (κ2) is 11.1. The highest BCUT2D eigenvalue weighted by Crippen LogP contribution is 2.28. The second-order valence-electron chi connectivity index (χ2n) is 10.3. The van der Waals surface area contributed by atoms with E-state index in [9.17, 15) is 14.4 Å². The number of carbonyl (C=O) groups excluding carboxylic acids is 3. The number of nitrogens with two attached hydrogens (primary N) is 1. The van der Waals surface area contributed by atoms with Gasteiger partial charge < -0.3 is 16.4 Å². The number of nitrogens with one attached hydrogen (secondary N) is 2. The maximum atomic E-state index is 13.3. The van der Waals surface area contributed by atoms with Gasteiger partial charge in [-0.1, -0.05) is 71.9 Å². The summed E-state index contributed by atoms with van der Waals surface area (Å²) in [6, 6.07) is 8.77. The molecule has 0 fully saturated rings. The lowest BCUT2D eigenvalue weighted by atomic mass is 9.80. The molecular formula is C24H39N3O3. The fourth-order valence-electron chi connectivity index (χ4n) is 3.49. The van der Waals surface area contributed by atoms with Crippen LogP contribution in [0.25, 0.3) is 0 Å². The lowest BCUT2D eigenvalue weighted by Gasteiger charge is -2.30. The molecule has 2 atom stereocenters. The fourth-order valence-corrected chi connectivity index (χ4v) is 3.49. The highest BCUT2D eigenvalue weighted by molar-refractivity contribution is 5.93. The van der Waals surface area contributed by atoms with Crippen molar-refractivity contribution in [2.45, 2.75) is 73.3 Å². The van der Waals surface area contributed by atoms with Crippen molar-refractivity contribution in [3.63, 3.8) is 0 Å². The number of benzene rings is 1. The van der Waals surface area contributed by atoms with Gasteiger partial charge in [-0.25, -0.2) is 4.79 Å². The Morgan fingerprint density at radius 3 is 2.10 bits per heavy atom. The summed E-state index contributed by atoms with van der Waals surface area (Å²) in [4.78, 5) is 37.1. The van der Waals surface area contributed by atoms with Crippen LogP contribution < -0.4 is 16.4 Å². The Kier molecular flexibility index (Phi) is 9.53. The van der Waals surface area contributed by atoms with Gasteiger partial charge in [-0.15, -0.1) is 0 Å². The van der Waals surface area contributed by atoms with Crippen LogP contribution in [0.5, 0.6) is 0 Å². The van der Waals surface area contributed by atoms with Gasteiger partial charge in [0.05, 0.1) is 6.04 Å². The molecule has 0 aliphatic heterocycles. The van der Waals surface area contributed by atoms with E-state index in [1.807, 2.05) is 51.1 Å². The third kappa shape index (κ3) is 9.90. The Morgan fingerprint density at radius 2 is 1.60 bits per heavy atom. The summed E-state index contributed by atoms with van der Waals surface area (Å²) in [5.41, 5.74) is 5.61. The van der Waals surface area contributed by atoms with Gasteiger partial charge in [0.15, 0.2) is 5.78 Å². The van der Waals surface area contributed by atoms with Crippen LogP contribution in [0.1, 0.15) is 66.4 Å². The van der Waals surface area contributed by atoms with Gasteiger partial charge in [0.25, 0.3) is 0 Å². The molecule has 6 nitrogen and oxygen atoms in total. The summed E-state index contributed by atoms with van der Waals surface area (Å²) in [7, 11) is 0. The van der Waals surface area contributed by atoms with Crippen molar-refractivity contribution in [1.82, 2.24) is 10.6 Å². The molecule has 3 amide bonds. The van der Waals surface area contributed by atoms with Crippen LogP contribution in [-0.4, -0.2) is 30.3 Å². The second-order valence-corrected chi connectivity index (χ2v) is 10.3. The van der Waals surface area contributed by atoms with Crippen molar-refractivity contribution in [1.29, 1.82) is 0 Å². The van der Waals surface area contributed by atoms with E-state index in [1.54, 1.807) is 0 Å². The van der Waals surface area contributed by atoms with Crippen molar-refractivity contribution in [3.8, 4) is 0 Å². The number of urea groups is 1. The molecule has 0 spiro atoms. The van der Waals surface area contributed by atoms with Crippen LogP contribution in [0.15, 0.2) is 30.3 Å². The fraction of sp³-hybridized carbons (Fsp3) is 0.625. The molecule has 0 saturated carbocycles. The molecule has 0 aromatic heterocycles. The third-order valence-electron chi connectivity index (χ3n) is 4.90. The summed E-state index contributed by atoms with van der Waals surface area (Å²) in [6.07, 6.45) is 2.35. The molecule has 0 unspecified atom stereocenters. The third-order valence-corrected chi connectivity index (χ3v) is 4.90. The van der Waals surface area contributed by atoms with Crippen molar-refractivity contribution in [3.05, 3.63) is 35.9 Å². The van der Waals surface area contributed by atoms with Crippen molar-refractivity contribution < 1.29 is 14.4 Å². The quantitative estimate of drug-likeness (QED) is 0.504. The van der Waals surface area contributed by atoms with Gasteiger partial charge in [0, 0.05) is 17.9 Å². The number of hydrogen-bond donors (Lipinski definition) is 3. The molecule has 168 valence electrons. The minimum atomic E-state index is -0.592. The Bertz CT molecular complexity index is 703. The monoisotopic (exact) mass is 417 g/mol. The normalized spacial score (nSPS) is 13.9. The first kappa shape index (κ1) is 25.7. The van der Waals surface area contributed by atoms with Gasteiger partial charge in [-0.2, -0.15) is 0 Å². The molecule has 1 rings (SSSR count). The van der Waals surface area contributed by atoms with Gasteiger partial charge in [0.2, 0.25) is 5.91 Å². The zero-order chi connectivity index (χ0) is 22.9. The molecule has 4 N–H and O–H groups in total. The number of primary amides is 1. The number of Topliss-reactive ketones (excluding diaryl/α,β-unsaturated/α-hetero) is 1. The first-order valence-corrected chi connectivity index (χ1v) is 10.7. The van der Waals surface area contributed by atoms with E-state index in [-0.39, 0.29) is 23.0 Å². The van der Waals surface area contributed by atoms with E-state index in [0.29, 0.717) is 32.2 Å².